The van der Waals surface area contributed by atoms with E-state index in [-0.39, 0.29) is 12.5 Å². The first-order valence-corrected chi connectivity index (χ1v) is 10.9. The van der Waals surface area contributed by atoms with Gasteiger partial charge in [0.25, 0.3) is 0 Å². The number of tetrazole rings is 1. The second-order valence-electron chi connectivity index (χ2n) is 7.49. The van der Waals surface area contributed by atoms with Gasteiger partial charge in [-0.25, -0.2) is 0 Å². The molecule has 0 radical (unpaired) electrons. The van der Waals surface area contributed by atoms with Crippen LogP contribution in [0.5, 0.6) is 11.5 Å². The molecule has 32 heavy (non-hydrogen) atoms. The van der Waals surface area contributed by atoms with Crippen LogP contribution in [0.3, 0.4) is 0 Å². The van der Waals surface area contributed by atoms with Gasteiger partial charge in [-0.05, 0) is 36.1 Å². The fourth-order valence-corrected chi connectivity index (χ4v) is 3.61. The molecule has 0 fully saturated rings. The van der Waals surface area contributed by atoms with Crippen molar-refractivity contribution in [2.45, 2.75) is 38.7 Å². The van der Waals surface area contributed by atoms with E-state index in [0.29, 0.717) is 28.0 Å². The molecular formula is C23H24ClN5O3. The molecule has 0 saturated carbocycles. The van der Waals surface area contributed by atoms with Crippen LogP contribution in [0.1, 0.15) is 49.2 Å². The number of H-pyrrole nitrogens is 1. The Bertz CT molecular complexity index is 1080. The van der Waals surface area contributed by atoms with Gasteiger partial charge in [-0.1, -0.05) is 60.8 Å². The van der Waals surface area contributed by atoms with E-state index in [1.54, 1.807) is 18.2 Å². The maximum atomic E-state index is 12.5. The summed E-state index contributed by atoms with van der Waals surface area (Å²) in [6.45, 7) is 2.38. The lowest BCUT2D eigenvalue weighted by Crippen LogP contribution is -2.24. The van der Waals surface area contributed by atoms with Crippen LogP contribution < -0.4 is 14.8 Å². The fraction of sp³-hybridized carbons (Fsp3) is 0.304. The Balaban J connectivity index is 1.40. The molecule has 0 aliphatic carbocycles. The lowest BCUT2D eigenvalue weighted by atomic mass is 10.1. The second kappa shape index (κ2) is 10.3. The molecule has 166 valence electrons. The Morgan fingerprint density at radius 3 is 2.88 bits per heavy atom. The molecule has 2 heterocycles. The minimum atomic E-state index is -0.520. The molecule has 4 rings (SSSR count). The zero-order valence-corrected chi connectivity index (χ0v) is 18.4. The van der Waals surface area contributed by atoms with Crippen molar-refractivity contribution in [2.24, 2.45) is 0 Å². The Kier molecular flexibility index (Phi) is 7.01. The summed E-state index contributed by atoms with van der Waals surface area (Å²) in [5.41, 5.74) is 2.69. The van der Waals surface area contributed by atoms with E-state index < -0.39 is 6.10 Å². The van der Waals surface area contributed by atoms with Crippen LogP contribution in [0, 0.1) is 0 Å². The molecule has 1 aliphatic heterocycles. The van der Waals surface area contributed by atoms with E-state index in [0.717, 1.165) is 12.0 Å². The Hall–Kier alpha value is -3.39. The van der Waals surface area contributed by atoms with Crippen LogP contribution >= 0.6 is 11.6 Å². The van der Waals surface area contributed by atoms with Crippen molar-refractivity contribution in [1.82, 2.24) is 20.6 Å². The zero-order valence-electron chi connectivity index (χ0n) is 17.7. The average molecular weight is 454 g/mol. The van der Waals surface area contributed by atoms with Crippen LogP contribution in [-0.2, 0) is 11.2 Å². The lowest BCUT2D eigenvalue weighted by molar-refractivity contribution is -0.111. The zero-order chi connectivity index (χ0) is 22.3. The van der Waals surface area contributed by atoms with Crippen LogP contribution in [-0.4, -0.2) is 33.1 Å². The summed E-state index contributed by atoms with van der Waals surface area (Å²) in [6, 6.07) is 11.5. The molecule has 3 aromatic rings. The summed E-state index contributed by atoms with van der Waals surface area (Å²) in [4.78, 5) is 12.5. The third-order valence-electron chi connectivity index (χ3n) is 5.05. The molecule has 1 unspecified atom stereocenters. The van der Waals surface area contributed by atoms with Gasteiger partial charge in [-0.15, -0.1) is 10.2 Å². The van der Waals surface area contributed by atoms with E-state index in [1.165, 1.54) is 30.9 Å². The molecule has 2 N–H and O–H groups in total. The molecule has 2 aromatic carbocycles. The van der Waals surface area contributed by atoms with Gasteiger partial charge in [-0.3, -0.25) is 4.79 Å². The molecule has 8 nitrogen and oxygen atoms in total. The van der Waals surface area contributed by atoms with E-state index in [4.69, 9.17) is 21.1 Å². The predicted molar refractivity (Wildman–Crippen MR) is 122 cm³/mol. The van der Waals surface area contributed by atoms with Gasteiger partial charge in [0.05, 0.1) is 5.69 Å². The van der Waals surface area contributed by atoms with E-state index in [9.17, 15) is 4.79 Å². The molecule has 0 saturated heterocycles. The number of nitrogens with zero attached hydrogens (tertiary/aromatic N) is 3. The minimum Gasteiger partial charge on any atom is -0.483 e. The normalized spacial score (nSPS) is 15.1. The number of nitrogens with one attached hydrogen (secondary N) is 2. The van der Waals surface area contributed by atoms with Crippen molar-refractivity contribution in [3.63, 3.8) is 0 Å². The summed E-state index contributed by atoms with van der Waals surface area (Å²) < 4.78 is 11.7. The van der Waals surface area contributed by atoms with E-state index in [2.05, 4.69) is 45.0 Å². The van der Waals surface area contributed by atoms with Crippen LogP contribution in [0.2, 0.25) is 5.02 Å². The number of hydrogen-bond donors (Lipinski definition) is 2. The third kappa shape index (κ3) is 5.45. The van der Waals surface area contributed by atoms with Gasteiger partial charge in [0.15, 0.2) is 17.6 Å². The quantitative estimate of drug-likeness (QED) is 0.377. The Morgan fingerprint density at radius 1 is 1.28 bits per heavy atom. The summed E-state index contributed by atoms with van der Waals surface area (Å²) in [6.07, 6.45) is 7.45. The van der Waals surface area contributed by atoms with Crippen molar-refractivity contribution < 1.29 is 14.3 Å². The van der Waals surface area contributed by atoms with E-state index >= 15 is 0 Å². The number of aryl methyl sites for hydroxylation is 1. The van der Waals surface area contributed by atoms with Gasteiger partial charge in [0.1, 0.15) is 6.61 Å². The topological polar surface area (TPSA) is 102 Å². The number of hydrogen-bond acceptors (Lipinski definition) is 6. The fourth-order valence-electron chi connectivity index (χ4n) is 3.40. The standard InChI is InChI=1S/C23H24ClN5O3/c1-2-3-4-5-15-6-8-16(9-7-15)10-11-21(30)25-18-12-17(24)13-19-22(18)31-14-20(32-19)23-26-28-29-27-23/h6-13,20H,2-5,14H2,1H3,(H,25,30)(H,26,27,28,29)/b11-10+. The molecular weight excluding hydrogens is 430 g/mol. The molecule has 0 spiro atoms. The molecule has 1 aromatic heterocycles. The van der Waals surface area contributed by atoms with Crippen molar-refractivity contribution in [3.8, 4) is 11.5 Å². The number of rotatable bonds is 8. The second-order valence-corrected chi connectivity index (χ2v) is 7.93. The number of aromatic amines is 1. The number of carbonyl (C=O) groups is 1. The number of amides is 1. The Morgan fingerprint density at radius 2 is 2.12 bits per heavy atom. The number of fused-ring (bicyclic) bond motifs is 1. The van der Waals surface area contributed by atoms with Gasteiger partial charge in [0.2, 0.25) is 11.7 Å². The summed E-state index contributed by atoms with van der Waals surface area (Å²) in [5, 5.41) is 17.0. The largest absolute Gasteiger partial charge is 0.483 e. The average Bonchev–Trinajstić information content (AvgIpc) is 3.33. The van der Waals surface area contributed by atoms with Crippen molar-refractivity contribution in [3.05, 3.63) is 64.4 Å². The number of unbranched alkanes of at least 4 members (excludes halogenated alkanes) is 2. The Labute approximate surface area is 191 Å². The van der Waals surface area contributed by atoms with Crippen molar-refractivity contribution in [1.29, 1.82) is 0 Å². The van der Waals surface area contributed by atoms with Gasteiger partial charge < -0.3 is 14.8 Å². The first-order valence-electron chi connectivity index (χ1n) is 10.6. The van der Waals surface area contributed by atoms with Crippen molar-refractivity contribution >= 4 is 29.3 Å². The number of carbonyl (C=O) groups excluding carboxylic acids is 1. The monoisotopic (exact) mass is 453 g/mol. The highest BCUT2D eigenvalue weighted by Gasteiger charge is 2.28. The van der Waals surface area contributed by atoms with Crippen LogP contribution in [0.4, 0.5) is 5.69 Å². The highest BCUT2D eigenvalue weighted by atomic mass is 35.5. The smallest absolute Gasteiger partial charge is 0.248 e. The molecule has 1 atom stereocenters. The molecule has 1 amide bonds. The first-order chi connectivity index (χ1) is 15.6. The van der Waals surface area contributed by atoms with Gasteiger partial charge in [-0.2, -0.15) is 5.21 Å². The van der Waals surface area contributed by atoms with Crippen LogP contribution in [0.15, 0.2) is 42.5 Å². The third-order valence-corrected chi connectivity index (χ3v) is 5.27. The molecule has 0 bridgehead atoms. The van der Waals surface area contributed by atoms with Gasteiger partial charge in [0, 0.05) is 17.2 Å². The lowest BCUT2D eigenvalue weighted by Gasteiger charge is -2.26. The highest BCUT2D eigenvalue weighted by molar-refractivity contribution is 6.31. The highest BCUT2D eigenvalue weighted by Crippen LogP contribution is 2.43. The predicted octanol–water partition coefficient (Wildman–Crippen LogP) is 4.75. The number of aromatic nitrogens is 4. The number of ether oxygens (including phenoxy) is 2. The van der Waals surface area contributed by atoms with Crippen LogP contribution in [0.25, 0.3) is 6.08 Å². The van der Waals surface area contributed by atoms with Gasteiger partial charge >= 0.3 is 0 Å². The maximum Gasteiger partial charge on any atom is 0.248 e. The summed E-state index contributed by atoms with van der Waals surface area (Å²) >= 11 is 6.22. The number of anilines is 1. The molecule has 1 aliphatic rings. The maximum absolute atomic E-state index is 12.5. The summed E-state index contributed by atoms with van der Waals surface area (Å²) in [7, 11) is 0. The van der Waals surface area contributed by atoms with E-state index in [1.807, 2.05) is 12.1 Å². The minimum absolute atomic E-state index is 0.178. The molecule has 9 heteroatoms. The van der Waals surface area contributed by atoms with Crippen molar-refractivity contribution in [2.75, 3.05) is 11.9 Å². The number of benzene rings is 2. The first kappa shape index (κ1) is 21.8. The summed E-state index contributed by atoms with van der Waals surface area (Å²) in [5.74, 6) is 0.884. The number of halogens is 1. The SMILES string of the molecule is CCCCCc1ccc(/C=C/C(=O)Nc2cc(Cl)cc3c2OCC(c2nn[nH]n2)O3)cc1.